The van der Waals surface area contributed by atoms with Gasteiger partial charge >= 0.3 is 60.7 Å². The first-order chi connectivity index (χ1) is 57.1. The molecule has 0 atom stereocenters. The number of anilines is 10. The summed E-state index contributed by atoms with van der Waals surface area (Å²) in [6.07, 6.45) is -19.8. The third kappa shape index (κ3) is 25.8. The predicted molar refractivity (Wildman–Crippen MR) is 406 cm³/mol. The van der Waals surface area contributed by atoms with Crippen molar-refractivity contribution in [3.05, 3.63) is 296 Å². The zero-order valence-electron chi connectivity index (χ0n) is 61.9. The first-order valence-electron chi connectivity index (χ1n) is 33.7. The Bertz CT molecular complexity index is 5640. The Morgan fingerprint density at radius 1 is 0.372 bits per heavy atom. The minimum absolute atomic E-state index is 0.0118. The molecule has 41 heteroatoms. The summed E-state index contributed by atoms with van der Waals surface area (Å²) in [6, 6.07) is 45.9. The lowest BCUT2D eigenvalue weighted by Crippen LogP contribution is -2.20. The number of carboxylic acid groups (broad SMARTS) is 1. The van der Waals surface area contributed by atoms with E-state index in [4.69, 9.17) is 20.1 Å². The van der Waals surface area contributed by atoms with Crippen LogP contribution in [0.2, 0.25) is 0 Å². The Labute approximate surface area is 680 Å². The SMILES string of the molecule is COC(=O)c1ccc(Nc2ccc(C(F)(F)F)cc2)c(-c2ncon2)c1.COC(=O)c1ccc(Nc2ccc(C(F)(F)F)cc2)c(Br)c1.COC(=O)c1ccc(Nc2ccc(C(F)(F)F)cc2)c(C#N)c1.COC(=O)c1ccc(Nc2ccc(C(F)(F)F)cc2)c(C(=O)NO)c1.O=C(O)c1ccc(Nc2ccc(C(F)(F)F)cc2)c(-c2ncon2)c1. The highest BCUT2D eigenvalue weighted by Crippen LogP contribution is 2.39. The highest BCUT2D eigenvalue weighted by atomic mass is 79.9. The maximum absolute atomic E-state index is 12.7. The van der Waals surface area contributed by atoms with Gasteiger partial charge in [0.25, 0.3) is 5.91 Å². The number of aromatic nitrogens is 4. The number of carbonyl (C=O) groups excluding carboxylic acids is 5. The molecule has 0 saturated heterocycles. The third-order valence-corrected chi connectivity index (χ3v) is 16.8. The number of carbonyl (C=O) groups is 6. The van der Waals surface area contributed by atoms with Crippen molar-refractivity contribution < 1.29 is 133 Å². The van der Waals surface area contributed by atoms with Crippen LogP contribution in [0.25, 0.3) is 22.8 Å². The molecular weight excluding hydrogens is 1700 g/mol. The van der Waals surface area contributed by atoms with Crippen LogP contribution in [0.1, 0.15) is 95.5 Å². The first kappa shape index (κ1) is 91.7. The molecule has 0 fully saturated rings. The number of amides is 1. The van der Waals surface area contributed by atoms with Crippen molar-refractivity contribution in [3.63, 3.8) is 0 Å². The molecule has 8 N–H and O–H groups in total. The van der Waals surface area contributed by atoms with Crippen LogP contribution in [0.3, 0.4) is 0 Å². The number of hydroxylamine groups is 1. The second kappa shape index (κ2) is 40.4. The number of esters is 4. The van der Waals surface area contributed by atoms with Crippen LogP contribution in [0.15, 0.2) is 239 Å². The molecule has 12 rings (SSSR count). The molecule has 0 bridgehead atoms. The van der Waals surface area contributed by atoms with E-state index in [0.29, 0.717) is 66.7 Å². The van der Waals surface area contributed by atoms with Gasteiger partial charge < -0.3 is 59.7 Å². The van der Waals surface area contributed by atoms with Gasteiger partial charge in [-0.05, 0) is 228 Å². The van der Waals surface area contributed by atoms with Crippen molar-refractivity contribution in [3.8, 4) is 28.8 Å². The fraction of sp³-hybridized carbons (Fsp3) is 0.113. The van der Waals surface area contributed by atoms with Gasteiger partial charge in [0.2, 0.25) is 24.4 Å². The van der Waals surface area contributed by atoms with Crippen LogP contribution < -0.4 is 32.1 Å². The Morgan fingerprint density at radius 2 is 0.645 bits per heavy atom. The van der Waals surface area contributed by atoms with E-state index in [0.717, 1.165) is 73.5 Å². The van der Waals surface area contributed by atoms with Gasteiger partial charge in [-0.15, -0.1) is 0 Å². The van der Waals surface area contributed by atoms with Crippen molar-refractivity contribution in [2.45, 2.75) is 30.9 Å². The predicted octanol–water partition coefficient (Wildman–Crippen LogP) is 20.9. The average molecular weight is 1760 g/mol. The lowest BCUT2D eigenvalue weighted by molar-refractivity contribution is -0.138. The number of methoxy groups -OCH3 is 4. The summed E-state index contributed by atoms with van der Waals surface area (Å²) in [6.45, 7) is 0. The molecule has 121 heavy (non-hydrogen) atoms. The number of hydrogen-bond acceptors (Lipinski definition) is 23. The highest BCUT2D eigenvalue weighted by molar-refractivity contribution is 9.10. The van der Waals surface area contributed by atoms with E-state index < -0.39 is 94.5 Å². The minimum atomic E-state index is -4.46. The van der Waals surface area contributed by atoms with Crippen LogP contribution in [-0.2, 0) is 49.8 Å². The van der Waals surface area contributed by atoms with Gasteiger partial charge in [0.1, 0.15) is 6.07 Å². The number of carboxylic acids is 1. The van der Waals surface area contributed by atoms with Crippen LogP contribution in [0, 0.1) is 11.3 Å². The monoisotopic (exact) mass is 1760 g/mol. The molecule has 10 aromatic carbocycles. The number of aromatic carboxylic acids is 1. The number of alkyl halides is 15. The van der Waals surface area contributed by atoms with Crippen LogP contribution in [0.4, 0.5) is 123 Å². The van der Waals surface area contributed by atoms with Gasteiger partial charge in [0.05, 0.1) is 112 Å². The number of nitrogens with one attached hydrogen (secondary N) is 6. The van der Waals surface area contributed by atoms with Gasteiger partial charge in [-0.25, -0.2) is 29.5 Å². The van der Waals surface area contributed by atoms with Crippen molar-refractivity contribution in [2.75, 3.05) is 55.0 Å². The number of benzene rings is 10. The number of nitrogens with zero attached hydrogens (tertiary/aromatic N) is 5. The Kier molecular flexibility index (Phi) is 30.6. The zero-order valence-corrected chi connectivity index (χ0v) is 63.5. The molecule has 0 saturated carbocycles. The van der Waals surface area contributed by atoms with Gasteiger partial charge in [-0.3, -0.25) is 10.0 Å². The molecule has 0 aliphatic carbocycles. The van der Waals surface area contributed by atoms with E-state index in [1.54, 1.807) is 24.3 Å². The van der Waals surface area contributed by atoms with Crippen molar-refractivity contribution >= 4 is 109 Å². The van der Waals surface area contributed by atoms with Crippen molar-refractivity contribution in [1.82, 2.24) is 25.8 Å². The normalized spacial score (nSPS) is 11.1. The number of nitriles is 1. The molecule has 0 spiro atoms. The zero-order chi connectivity index (χ0) is 88.7. The fourth-order valence-electron chi connectivity index (χ4n) is 10.1. The van der Waals surface area contributed by atoms with Gasteiger partial charge in [0, 0.05) is 55.4 Å². The van der Waals surface area contributed by atoms with Gasteiger partial charge in [-0.1, -0.05) is 10.3 Å². The molecule has 0 aliphatic rings. The van der Waals surface area contributed by atoms with E-state index in [1.165, 1.54) is 161 Å². The summed E-state index contributed by atoms with van der Waals surface area (Å²) in [4.78, 5) is 76.8. The average Bonchev–Trinajstić information content (AvgIpc) is 1.79. The van der Waals surface area contributed by atoms with Crippen molar-refractivity contribution in [1.29, 1.82) is 5.26 Å². The highest BCUT2D eigenvalue weighted by Gasteiger charge is 2.34. The number of ether oxygens (including phenoxy) is 4. The van der Waals surface area contributed by atoms with Gasteiger partial charge in [-0.2, -0.15) is 81.1 Å². The summed E-state index contributed by atoms with van der Waals surface area (Å²) in [5, 5.41) is 48.9. The Morgan fingerprint density at radius 3 is 0.942 bits per heavy atom. The van der Waals surface area contributed by atoms with Crippen molar-refractivity contribution in [2.24, 2.45) is 0 Å². The first-order valence-corrected chi connectivity index (χ1v) is 34.5. The summed E-state index contributed by atoms with van der Waals surface area (Å²) in [5.41, 5.74) is 3.49. The fourth-order valence-corrected chi connectivity index (χ4v) is 10.6. The lowest BCUT2D eigenvalue weighted by atomic mass is 10.1. The molecule has 2 heterocycles. The Balaban J connectivity index is 0.000000188. The van der Waals surface area contributed by atoms with E-state index in [1.807, 2.05) is 6.07 Å². The molecule has 12 aromatic rings. The van der Waals surface area contributed by atoms with E-state index in [-0.39, 0.29) is 56.4 Å². The quantitative estimate of drug-likeness (QED) is 0.0130. The minimum Gasteiger partial charge on any atom is -0.478 e. The van der Waals surface area contributed by atoms with Crippen LogP contribution >= 0.6 is 15.9 Å². The molecule has 2 aromatic heterocycles. The molecule has 0 aliphatic heterocycles. The maximum Gasteiger partial charge on any atom is 0.416 e. The summed E-state index contributed by atoms with van der Waals surface area (Å²) >= 11 is 3.30. The summed E-state index contributed by atoms with van der Waals surface area (Å²) < 4.78 is 217. The summed E-state index contributed by atoms with van der Waals surface area (Å²) in [5.74, 6) is -3.96. The molecule has 0 unspecified atom stereocenters. The van der Waals surface area contributed by atoms with Crippen LogP contribution in [0.5, 0.6) is 0 Å². The molecule has 25 nitrogen and oxygen atoms in total. The third-order valence-electron chi connectivity index (χ3n) is 16.1. The van der Waals surface area contributed by atoms with E-state index in [2.05, 4.69) is 86.3 Å². The standard InChI is InChI=1S/C17H12F3N3O3.C16H10F3N3O3.C16H13F3N2O4.C16H11F3N2O2.C15H11BrF3NO2/c1-25-16(24)10-2-7-14(13(8-10)15-21-9-26-23-15)22-12-5-3-11(4-6-12)17(18,19)20;17-16(18,19)10-2-4-11(5-3-10)21-13-6-1-9(15(23)24)7-12(13)14-20-8-25-22-14;1-25-15(23)9-2-7-13(12(8-9)14(22)21-24)20-11-5-3-10(4-6-11)16(17,18)19;1-23-15(22)10-2-7-14(11(8-10)9-20)21-13-5-3-12(4-6-13)16(17,18)19;1-22-14(21)9-2-7-13(12(16)8-9)20-11-5-3-10(4-6-11)15(17,18)19/h2-9,22H,1H3;1-8,21H,(H,23,24);2-8,20,24H,1H3,(H,21,22);2-8,21H,1H3;2-8,20H,1H3. The van der Waals surface area contributed by atoms with E-state index >= 15 is 0 Å². The summed E-state index contributed by atoms with van der Waals surface area (Å²) in [7, 11) is 4.93. The second-order valence-electron chi connectivity index (χ2n) is 24.1. The second-order valence-corrected chi connectivity index (χ2v) is 24.9. The maximum atomic E-state index is 12.7. The molecule has 0 radical (unpaired) electrons. The number of halogens is 16. The van der Waals surface area contributed by atoms with E-state index in [9.17, 15) is 94.6 Å². The van der Waals surface area contributed by atoms with Crippen LogP contribution in [-0.4, -0.2) is 94.8 Å². The number of rotatable bonds is 18. The largest absolute Gasteiger partial charge is 0.478 e. The molecular formula is C80H57BrF15N11O14. The number of hydrogen-bond donors (Lipinski definition) is 8. The molecule has 628 valence electrons. The lowest BCUT2D eigenvalue weighted by Gasteiger charge is -2.13. The smallest absolute Gasteiger partial charge is 0.416 e. The van der Waals surface area contributed by atoms with Gasteiger partial charge in [0.15, 0.2) is 0 Å². The Hall–Kier alpha value is -14.8. The molecule has 1 amide bonds. The topological polar surface area (TPSA) is 354 Å².